The van der Waals surface area contributed by atoms with Crippen LogP contribution in [-0.4, -0.2) is 36.3 Å². The summed E-state index contributed by atoms with van der Waals surface area (Å²) < 4.78 is 5.30. The molecule has 2 fully saturated rings. The highest BCUT2D eigenvalue weighted by atomic mass is 16.5. The minimum Gasteiger partial charge on any atom is -0.497 e. The molecule has 3 atom stereocenters. The van der Waals surface area contributed by atoms with Crippen molar-refractivity contribution < 1.29 is 9.84 Å². The lowest BCUT2D eigenvalue weighted by Gasteiger charge is -2.59. The van der Waals surface area contributed by atoms with Crippen molar-refractivity contribution in [1.29, 1.82) is 0 Å². The van der Waals surface area contributed by atoms with E-state index in [0.29, 0.717) is 5.92 Å². The highest BCUT2D eigenvalue weighted by Crippen LogP contribution is 2.56. The molecule has 1 aliphatic carbocycles. The van der Waals surface area contributed by atoms with Gasteiger partial charge in [0.05, 0.1) is 13.2 Å². The third kappa shape index (κ3) is 3.35. The summed E-state index contributed by atoms with van der Waals surface area (Å²) in [5.74, 6) is 1.41. The molecule has 1 N–H and O–H groups in total. The smallest absolute Gasteiger partial charge is 0.118 e. The minimum atomic E-state index is -0.206. The second-order valence-electron chi connectivity index (χ2n) is 9.30. The minimum absolute atomic E-state index is 0.0553. The van der Waals surface area contributed by atoms with Crippen molar-refractivity contribution in [3.8, 4) is 5.75 Å². The Balaban J connectivity index is 1.63. The summed E-state index contributed by atoms with van der Waals surface area (Å²) in [6, 6.07) is 19.5. The molecule has 1 aliphatic heterocycles. The summed E-state index contributed by atoms with van der Waals surface area (Å²) in [5, 5.41) is 10.8. The molecule has 150 valence electrons. The molecule has 1 heterocycles. The molecule has 0 bridgehead atoms. The number of aliphatic hydroxyl groups excluding tert-OH is 1. The molecule has 2 unspecified atom stereocenters. The van der Waals surface area contributed by atoms with Crippen LogP contribution in [0.1, 0.15) is 44.2 Å². The van der Waals surface area contributed by atoms with Gasteiger partial charge in [0.2, 0.25) is 0 Å². The van der Waals surface area contributed by atoms with Crippen LogP contribution in [-0.2, 0) is 12.0 Å². The first-order valence-electron chi connectivity index (χ1n) is 10.5. The topological polar surface area (TPSA) is 32.7 Å². The van der Waals surface area contributed by atoms with E-state index in [2.05, 4.69) is 73.3 Å². The summed E-state index contributed by atoms with van der Waals surface area (Å²) in [6.45, 7) is 7.66. The Labute approximate surface area is 169 Å². The van der Waals surface area contributed by atoms with Crippen LogP contribution in [0.2, 0.25) is 0 Å². The molecular formula is C25H33NO2. The number of hydrogen-bond acceptors (Lipinski definition) is 3. The third-order valence-corrected chi connectivity index (χ3v) is 7.44. The molecule has 2 aromatic carbocycles. The Morgan fingerprint density at radius 1 is 1.04 bits per heavy atom. The first-order valence-corrected chi connectivity index (χ1v) is 10.5. The number of fused-ring (bicyclic) bond motifs is 1. The standard InChI is InChI=1S/C25H33NO2/c1-24(2)22-14-16-26(17-19-9-11-21(28-3)12-10-19)18-25(22,15-13-23(24)27)20-7-5-4-6-8-20/h4-12,22-23,27H,13-18H2,1-3H3/t22-,23?,25?/m0/s1. The van der Waals surface area contributed by atoms with E-state index in [-0.39, 0.29) is 16.9 Å². The summed E-state index contributed by atoms with van der Waals surface area (Å²) in [7, 11) is 1.71. The van der Waals surface area contributed by atoms with Gasteiger partial charge >= 0.3 is 0 Å². The van der Waals surface area contributed by atoms with E-state index in [9.17, 15) is 5.11 Å². The van der Waals surface area contributed by atoms with Crippen LogP contribution >= 0.6 is 0 Å². The highest BCUT2D eigenvalue weighted by Gasteiger charge is 2.55. The number of piperidine rings is 1. The lowest BCUT2D eigenvalue weighted by atomic mass is 9.50. The van der Waals surface area contributed by atoms with Crippen LogP contribution in [0.15, 0.2) is 54.6 Å². The maximum absolute atomic E-state index is 10.8. The van der Waals surface area contributed by atoms with Crippen molar-refractivity contribution >= 4 is 0 Å². The van der Waals surface area contributed by atoms with Gasteiger partial charge in [-0.2, -0.15) is 0 Å². The average molecular weight is 380 g/mol. The van der Waals surface area contributed by atoms with Gasteiger partial charge in [0.15, 0.2) is 0 Å². The van der Waals surface area contributed by atoms with Crippen molar-refractivity contribution in [3.63, 3.8) is 0 Å². The van der Waals surface area contributed by atoms with E-state index in [0.717, 1.165) is 44.6 Å². The van der Waals surface area contributed by atoms with E-state index in [1.165, 1.54) is 11.1 Å². The molecule has 1 saturated carbocycles. The van der Waals surface area contributed by atoms with Crippen LogP contribution in [0, 0.1) is 11.3 Å². The Morgan fingerprint density at radius 2 is 1.75 bits per heavy atom. The molecule has 3 nitrogen and oxygen atoms in total. The molecule has 28 heavy (non-hydrogen) atoms. The molecule has 0 aromatic heterocycles. The zero-order valence-corrected chi connectivity index (χ0v) is 17.4. The largest absolute Gasteiger partial charge is 0.497 e. The number of hydrogen-bond donors (Lipinski definition) is 1. The maximum Gasteiger partial charge on any atom is 0.118 e. The number of likely N-dealkylation sites (tertiary alicyclic amines) is 1. The zero-order chi connectivity index (χ0) is 19.8. The fourth-order valence-electron chi connectivity index (χ4n) is 5.84. The number of nitrogens with zero attached hydrogens (tertiary/aromatic N) is 1. The highest BCUT2D eigenvalue weighted by molar-refractivity contribution is 5.32. The number of aliphatic hydroxyl groups is 1. The van der Waals surface area contributed by atoms with Crippen molar-refractivity contribution in [2.45, 2.75) is 51.2 Å². The van der Waals surface area contributed by atoms with Gasteiger partial charge in [-0.05, 0) is 60.4 Å². The molecule has 0 radical (unpaired) electrons. The molecule has 2 aromatic rings. The molecule has 0 spiro atoms. The van der Waals surface area contributed by atoms with Crippen LogP contribution in [0.5, 0.6) is 5.75 Å². The number of ether oxygens (including phenoxy) is 1. The fourth-order valence-corrected chi connectivity index (χ4v) is 5.84. The van der Waals surface area contributed by atoms with E-state index in [1.807, 2.05) is 0 Å². The summed E-state index contributed by atoms with van der Waals surface area (Å²) >= 11 is 0. The predicted octanol–water partition coefficient (Wildman–Crippen LogP) is 4.64. The lowest BCUT2D eigenvalue weighted by Crippen LogP contribution is -2.61. The SMILES string of the molecule is COc1ccc(CN2CC[C@@H]3C(c4ccccc4)(CCC(O)C3(C)C)C2)cc1. The predicted molar refractivity (Wildman–Crippen MR) is 114 cm³/mol. The Morgan fingerprint density at radius 3 is 2.43 bits per heavy atom. The van der Waals surface area contributed by atoms with Gasteiger partial charge in [-0.15, -0.1) is 0 Å². The quantitative estimate of drug-likeness (QED) is 0.840. The molecular weight excluding hydrogens is 346 g/mol. The van der Waals surface area contributed by atoms with Gasteiger partial charge < -0.3 is 9.84 Å². The van der Waals surface area contributed by atoms with Crippen LogP contribution in [0.4, 0.5) is 0 Å². The molecule has 0 amide bonds. The van der Waals surface area contributed by atoms with Gasteiger partial charge in [-0.25, -0.2) is 0 Å². The van der Waals surface area contributed by atoms with Crippen molar-refractivity contribution in [2.24, 2.45) is 11.3 Å². The number of rotatable bonds is 4. The molecule has 3 heteroatoms. The summed E-state index contributed by atoms with van der Waals surface area (Å²) in [4.78, 5) is 2.61. The van der Waals surface area contributed by atoms with Gasteiger partial charge in [0, 0.05) is 18.5 Å². The van der Waals surface area contributed by atoms with Crippen LogP contribution in [0.25, 0.3) is 0 Å². The lowest BCUT2D eigenvalue weighted by molar-refractivity contribution is -0.102. The van der Waals surface area contributed by atoms with Crippen molar-refractivity contribution in [3.05, 3.63) is 65.7 Å². The van der Waals surface area contributed by atoms with Gasteiger partial charge in [-0.1, -0.05) is 56.3 Å². The van der Waals surface area contributed by atoms with E-state index in [1.54, 1.807) is 7.11 Å². The van der Waals surface area contributed by atoms with Gasteiger partial charge in [-0.3, -0.25) is 4.90 Å². The van der Waals surface area contributed by atoms with E-state index < -0.39 is 0 Å². The normalized spacial score (nSPS) is 29.9. The first kappa shape index (κ1) is 19.5. The first-order chi connectivity index (χ1) is 13.5. The zero-order valence-electron chi connectivity index (χ0n) is 17.4. The number of benzene rings is 2. The molecule has 1 saturated heterocycles. The van der Waals surface area contributed by atoms with Crippen molar-refractivity contribution in [2.75, 3.05) is 20.2 Å². The van der Waals surface area contributed by atoms with E-state index in [4.69, 9.17) is 4.74 Å². The Hall–Kier alpha value is -1.84. The van der Waals surface area contributed by atoms with Gasteiger partial charge in [0.25, 0.3) is 0 Å². The third-order valence-electron chi connectivity index (χ3n) is 7.44. The second kappa shape index (κ2) is 7.53. The monoisotopic (exact) mass is 379 g/mol. The maximum atomic E-state index is 10.8. The fraction of sp³-hybridized carbons (Fsp3) is 0.520. The van der Waals surface area contributed by atoms with Crippen LogP contribution < -0.4 is 4.74 Å². The average Bonchev–Trinajstić information content (AvgIpc) is 2.72. The summed E-state index contributed by atoms with van der Waals surface area (Å²) in [5.41, 5.74) is 2.84. The summed E-state index contributed by atoms with van der Waals surface area (Å²) in [6.07, 6.45) is 2.87. The second-order valence-corrected chi connectivity index (χ2v) is 9.30. The molecule has 4 rings (SSSR count). The van der Waals surface area contributed by atoms with Crippen LogP contribution in [0.3, 0.4) is 0 Å². The Bertz CT molecular complexity index is 786. The van der Waals surface area contributed by atoms with E-state index >= 15 is 0 Å². The molecule has 2 aliphatic rings. The van der Waals surface area contributed by atoms with Gasteiger partial charge in [0.1, 0.15) is 5.75 Å². The number of methoxy groups -OCH3 is 1. The van der Waals surface area contributed by atoms with Crippen molar-refractivity contribution in [1.82, 2.24) is 4.90 Å². The Kier molecular flexibility index (Phi) is 5.24.